The topological polar surface area (TPSA) is 27.5 Å². The summed E-state index contributed by atoms with van der Waals surface area (Å²) in [5.41, 5.74) is 0.875. The van der Waals surface area contributed by atoms with E-state index in [1.807, 2.05) is 13.8 Å². The Labute approximate surface area is 74.8 Å². The zero-order valence-electron chi connectivity index (χ0n) is 8.69. The number of quaternary nitrogens is 1. The minimum absolute atomic E-state index is 0.0187. The van der Waals surface area contributed by atoms with Gasteiger partial charge in [-0.3, -0.25) is 0 Å². The molecular weight excluding hydrogens is 150 g/mol. The van der Waals surface area contributed by atoms with E-state index >= 15 is 0 Å². The fourth-order valence-electron chi connectivity index (χ4n) is 1.55. The first-order chi connectivity index (χ1) is 5.25. The minimum Gasteiger partial charge on any atom is -0.629 e. The normalized spacial score (nSPS) is 28.8. The average Bonchev–Trinajstić information content (AvgIpc) is 2.06. The van der Waals surface area contributed by atoms with E-state index in [-0.39, 0.29) is 11.0 Å². The average molecular weight is 169 g/mol. The van der Waals surface area contributed by atoms with Crippen LogP contribution in [0.15, 0.2) is 11.8 Å². The van der Waals surface area contributed by atoms with E-state index in [1.54, 1.807) is 0 Å². The van der Waals surface area contributed by atoms with Crippen molar-refractivity contribution in [3.8, 4) is 0 Å². The Bertz CT molecular complexity index is 210. The lowest BCUT2D eigenvalue weighted by molar-refractivity contribution is -0.860. The lowest BCUT2D eigenvalue weighted by Gasteiger charge is -2.37. The third-order valence-electron chi connectivity index (χ3n) is 2.48. The number of nitrogens with one attached hydrogen (secondary N) is 1. The third-order valence-corrected chi connectivity index (χ3v) is 2.48. The fraction of sp³-hybridized carbons (Fsp3) is 0.800. The molecule has 1 unspecified atom stereocenters. The van der Waals surface area contributed by atoms with Crippen LogP contribution in [-0.2, 0) is 0 Å². The molecule has 1 atom stereocenters. The second-order valence-electron chi connectivity index (χ2n) is 5.28. The van der Waals surface area contributed by atoms with Crippen LogP contribution in [0.2, 0.25) is 0 Å². The third kappa shape index (κ3) is 1.54. The fourth-order valence-corrected chi connectivity index (χ4v) is 1.55. The van der Waals surface area contributed by atoms with Gasteiger partial charge in [0, 0.05) is 11.8 Å². The van der Waals surface area contributed by atoms with Crippen LogP contribution in [-0.4, -0.2) is 5.54 Å². The Balaban J connectivity index is 2.86. The van der Waals surface area contributed by atoms with Crippen LogP contribution in [0.25, 0.3) is 0 Å². The summed E-state index contributed by atoms with van der Waals surface area (Å²) in [5.74, 6) is 0. The number of rotatable bonds is 0. The summed E-state index contributed by atoms with van der Waals surface area (Å²) in [4.78, 5) is 0. The van der Waals surface area contributed by atoms with Crippen molar-refractivity contribution < 1.29 is 5.06 Å². The molecule has 2 heteroatoms. The maximum absolute atomic E-state index is 11.8. The van der Waals surface area contributed by atoms with Gasteiger partial charge in [-0.2, -0.15) is 0 Å². The Morgan fingerprint density at radius 1 is 1.42 bits per heavy atom. The lowest BCUT2D eigenvalue weighted by atomic mass is 9.92. The molecule has 0 saturated heterocycles. The molecular formula is C10H19NO. The Morgan fingerprint density at radius 3 is 2.08 bits per heavy atom. The van der Waals surface area contributed by atoms with E-state index in [9.17, 15) is 5.21 Å². The van der Waals surface area contributed by atoms with Crippen molar-refractivity contribution >= 4 is 0 Å². The van der Waals surface area contributed by atoms with Gasteiger partial charge in [0.05, 0.1) is 5.54 Å². The molecule has 0 aromatic carbocycles. The number of allylic oxidation sites excluding steroid dienone is 1. The van der Waals surface area contributed by atoms with Gasteiger partial charge >= 0.3 is 0 Å². The molecule has 1 rings (SSSR count). The Kier molecular flexibility index (Phi) is 2.09. The van der Waals surface area contributed by atoms with Crippen molar-refractivity contribution in [2.45, 2.75) is 46.6 Å². The minimum atomic E-state index is -0.150. The van der Waals surface area contributed by atoms with E-state index in [4.69, 9.17) is 0 Å². The van der Waals surface area contributed by atoms with E-state index < -0.39 is 0 Å². The summed E-state index contributed by atoms with van der Waals surface area (Å²) >= 11 is 0. The highest BCUT2D eigenvalue weighted by Crippen LogP contribution is 2.27. The first-order valence-corrected chi connectivity index (χ1v) is 4.50. The molecule has 1 N–H and O–H groups in total. The molecule has 0 amide bonds. The maximum Gasteiger partial charge on any atom is 0.109 e. The Morgan fingerprint density at radius 2 is 1.92 bits per heavy atom. The number of hydrogen-bond donors (Lipinski definition) is 1. The van der Waals surface area contributed by atoms with E-state index in [1.165, 1.54) is 0 Å². The zero-order valence-corrected chi connectivity index (χ0v) is 8.69. The van der Waals surface area contributed by atoms with Crippen LogP contribution in [0.3, 0.4) is 0 Å². The molecule has 0 bridgehead atoms. The summed E-state index contributed by atoms with van der Waals surface area (Å²) in [7, 11) is 0. The van der Waals surface area contributed by atoms with Crippen molar-refractivity contribution in [3.05, 3.63) is 17.0 Å². The van der Waals surface area contributed by atoms with E-state index in [0.717, 1.165) is 12.1 Å². The Hall–Kier alpha value is -0.340. The lowest BCUT2D eigenvalue weighted by Crippen LogP contribution is -3.12. The quantitative estimate of drug-likeness (QED) is 0.546. The molecule has 1 aliphatic rings. The molecule has 1 heterocycles. The molecule has 0 spiro atoms. The van der Waals surface area contributed by atoms with Crippen molar-refractivity contribution in [2.24, 2.45) is 5.41 Å². The van der Waals surface area contributed by atoms with E-state index in [0.29, 0.717) is 5.06 Å². The number of hydrogen-bond acceptors (Lipinski definition) is 1. The summed E-state index contributed by atoms with van der Waals surface area (Å²) in [5, 5.41) is 12.1. The van der Waals surface area contributed by atoms with Gasteiger partial charge in [0.25, 0.3) is 0 Å². The van der Waals surface area contributed by atoms with Crippen LogP contribution >= 0.6 is 0 Å². The molecule has 70 valence electrons. The second kappa shape index (κ2) is 2.57. The van der Waals surface area contributed by atoms with Crippen molar-refractivity contribution in [1.29, 1.82) is 0 Å². The largest absolute Gasteiger partial charge is 0.629 e. The predicted octanol–water partition coefficient (Wildman–Crippen LogP) is 1.48. The zero-order chi connectivity index (χ0) is 9.57. The first-order valence-electron chi connectivity index (χ1n) is 4.50. The molecule has 12 heavy (non-hydrogen) atoms. The van der Waals surface area contributed by atoms with Crippen LogP contribution in [0.5, 0.6) is 0 Å². The van der Waals surface area contributed by atoms with E-state index in [2.05, 4.69) is 26.8 Å². The van der Waals surface area contributed by atoms with Crippen molar-refractivity contribution in [2.75, 3.05) is 0 Å². The monoisotopic (exact) mass is 169 g/mol. The predicted molar refractivity (Wildman–Crippen MR) is 50.6 cm³/mol. The van der Waals surface area contributed by atoms with Gasteiger partial charge in [-0.05, 0) is 19.9 Å². The molecule has 2 nitrogen and oxygen atoms in total. The molecule has 0 aromatic rings. The second-order valence-corrected chi connectivity index (χ2v) is 5.28. The van der Waals surface area contributed by atoms with Gasteiger partial charge in [0.1, 0.15) is 5.70 Å². The maximum atomic E-state index is 11.8. The van der Waals surface area contributed by atoms with Crippen LogP contribution in [0.4, 0.5) is 0 Å². The van der Waals surface area contributed by atoms with Gasteiger partial charge in [-0.15, -0.1) is 0 Å². The first kappa shape index (κ1) is 9.75. The summed E-state index contributed by atoms with van der Waals surface area (Å²) in [6.45, 7) is 10.3. The standard InChI is InChI=1S/C10H19NO/c1-9(2,3)8-6-7-10(4,5)11(8)12/h6,11H,7H2,1-5H3. The summed E-state index contributed by atoms with van der Waals surface area (Å²) in [6.07, 6.45) is 3.00. The van der Waals surface area contributed by atoms with Gasteiger partial charge in [0.15, 0.2) is 0 Å². The van der Waals surface area contributed by atoms with Crippen molar-refractivity contribution in [1.82, 2.24) is 0 Å². The van der Waals surface area contributed by atoms with Gasteiger partial charge in [-0.1, -0.05) is 20.8 Å². The number of hydroxylamine groups is 2. The van der Waals surface area contributed by atoms with Gasteiger partial charge in [-0.25, -0.2) is 0 Å². The SMILES string of the molecule is CC(C)(C)C1=CCC(C)(C)[NH+]1[O-]. The highest BCUT2D eigenvalue weighted by Gasteiger charge is 2.38. The highest BCUT2D eigenvalue weighted by atomic mass is 16.5. The van der Waals surface area contributed by atoms with Crippen LogP contribution in [0, 0.1) is 10.6 Å². The smallest absolute Gasteiger partial charge is 0.109 e. The highest BCUT2D eigenvalue weighted by molar-refractivity contribution is 5.09. The summed E-state index contributed by atoms with van der Waals surface area (Å²) < 4.78 is 0. The molecule has 1 aliphatic heterocycles. The van der Waals surface area contributed by atoms with Gasteiger partial charge in [0.2, 0.25) is 0 Å². The molecule has 0 aliphatic carbocycles. The molecule has 0 fully saturated rings. The van der Waals surface area contributed by atoms with Crippen LogP contribution < -0.4 is 5.06 Å². The molecule has 0 aromatic heterocycles. The molecule has 0 radical (unpaired) electrons. The summed E-state index contributed by atoms with van der Waals surface area (Å²) in [6, 6.07) is 0. The van der Waals surface area contributed by atoms with Gasteiger partial charge < -0.3 is 10.3 Å². The molecule has 0 saturated carbocycles. The van der Waals surface area contributed by atoms with Crippen molar-refractivity contribution in [3.63, 3.8) is 0 Å². The van der Waals surface area contributed by atoms with Crippen LogP contribution in [0.1, 0.15) is 41.0 Å².